The predicted molar refractivity (Wildman–Crippen MR) is 92.1 cm³/mol. The first kappa shape index (κ1) is 14.3. The van der Waals surface area contributed by atoms with E-state index < -0.39 is 0 Å². The highest BCUT2D eigenvalue weighted by Crippen LogP contribution is 2.27. The molecule has 0 radical (unpaired) electrons. The number of hydrogen-bond acceptors (Lipinski definition) is 1. The third-order valence-corrected chi connectivity index (χ3v) is 4.71. The average Bonchev–Trinajstić information content (AvgIpc) is 2.91. The second kappa shape index (κ2) is 6.44. The van der Waals surface area contributed by atoms with Gasteiger partial charge in [-0.2, -0.15) is 5.10 Å². The van der Waals surface area contributed by atoms with Gasteiger partial charge in [0.05, 0.1) is 11.2 Å². The molecular formula is C18H19BrN2. The Morgan fingerprint density at radius 2 is 1.76 bits per heavy atom. The molecule has 2 nitrogen and oxygen atoms in total. The summed E-state index contributed by atoms with van der Waals surface area (Å²) in [7, 11) is 0. The van der Waals surface area contributed by atoms with E-state index in [0.29, 0.717) is 5.92 Å². The fourth-order valence-electron chi connectivity index (χ4n) is 2.81. The molecular weight excluding hydrogens is 324 g/mol. The Labute approximate surface area is 133 Å². The van der Waals surface area contributed by atoms with Crippen LogP contribution in [0, 0.1) is 0 Å². The monoisotopic (exact) mass is 342 g/mol. The van der Waals surface area contributed by atoms with Gasteiger partial charge in [-0.1, -0.05) is 64.5 Å². The average molecular weight is 343 g/mol. The minimum atomic E-state index is 0.454. The zero-order valence-corrected chi connectivity index (χ0v) is 13.8. The molecule has 0 bridgehead atoms. The first-order valence-corrected chi connectivity index (χ1v) is 8.51. The SMILES string of the molecule is CCn1nc(CC(CBr)c2ccccc2)c2ccccc21. The molecule has 0 amide bonds. The number of aryl methyl sites for hydroxylation is 1. The zero-order chi connectivity index (χ0) is 14.7. The summed E-state index contributed by atoms with van der Waals surface area (Å²) in [6.07, 6.45) is 0.961. The van der Waals surface area contributed by atoms with Gasteiger partial charge in [0.25, 0.3) is 0 Å². The zero-order valence-electron chi connectivity index (χ0n) is 12.2. The van der Waals surface area contributed by atoms with E-state index in [1.54, 1.807) is 0 Å². The fraction of sp³-hybridized carbons (Fsp3) is 0.278. The minimum absolute atomic E-state index is 0.454. The molecule has 1 aromatic heterocycles. The van der Waals surface area contributed by atoms with Crippen molar-refractivity contribution in [3.8, 4) is 0 Å². The highest BCUT2D eigenvalue weighted by atomic mass is 79.9. The van der Waals surface area contributed by atoms with E-state index >= 15 is 0 Å². The van der Waals surface area contributed by atoms with E-state index in [1.165, 1.54) is 22.2 Å². The van der Waals surface area contributed by atoms with Gasteiger partial charge in [-0.05, 0) is 30.9 Å². The van der Waals surface area contributed by atoms with E-state index in [2.05, 4.69) is 82.1 Å². The van der Waals surface area contributed by atoms with E-state index in [0.717, 1.165) is 18.3 Å². The van der Waals surface area contributed by atoms with Crippen molar-refractivity contribution in [2.75, 3.05) is 5.33 Å². The lowest BCUT2D eigenvalue weighted by atomic mass is 9.95. The Morgan fingerprint density at radius 3 is 2.48 bits per heavy atom. The lowest BCUT2D eigenvalue weighted by molar-refractivity contribution is 0.652. The maximum atomic E-state index is 4.82. The van der Waals surface area contributed by atoms with Crippen LogP contribution in [0.25, 0.3) is 10.9 Å². The molecule has 0 N–H and O–H groups in total. The molecule has 108 valence electrons. The predicted octanol–water partition coefficient (Wildman–Crippen LogP) is 4.78. The van der Waals surface area contributed by atoms with Crippen molar-refractivity contribution in [3.05, 3.63) is 65.9 Å². The highest BCUT2D eigenvalue weighted by molar-refractivity contribution is 9.09. The first-order chi connectivity index (χ1) is 10.3. The summed E-state index contributed by atoms with van der Waals surface area (Å²) < 4.78 is 2.10. The molecule has 1 heterocycles. The van der Waals surface area contributed by atoms with Crippen molar-refractivity contribution in [3.63, 3.8) is 0 Å². The van der Waals surface area contributed by atoms with Gasteiger partial charge in [-0.15, -0.1) is 0 Å². The number of nitrogens with zero attached hydrogens (tertiary/aromatic N) is 2. The second-order valence-electron chi connectivity index (χ2n) is 5.25. The number of alkyl halides is 1. The van der Waals surface area contributed by atoms with Gasteiger partial charge >= 0.3 is 0 Å². The number of rotatable bonds is 5. The van der Waals surface area contributed by atoms with Gasteiger partial charge in [0.2, 0.25) is 0 Å². The Balaban J connectivity index is 1.97. The van der Waals surface area contributed by atoms with E-state index in [1.807, 2.05) is 0 Å². The van der Waals surface area contributed by atoms with Crippen LogP contribution < -0.4 is 0 Å². The summed E-state index contributed by atoms with van der Waals surface area (Å²) in [5.74, 6) is 0.454. The highest BCUT2D eigenvalue weighted by Gasteiger charge is 2.16. The molecule has 3 heteroatoms. The molecule has 0 aliphatic rings. The van der Waals surface area contributed by atoms with Gasteiger partial charge in [0.1, 0.15) is 0 Å². The van der Waals surface area contributed by atoms with Gasteiger partial charge in [-0.25, -0.2) is 0 Å². The molecule has 0 aliphatic heterocycles. The quantitative estimate of drug-likeness (QED) is 0.610. The molecule has 1 atom stereocenters. The summed E-state index contributed by atoms with van der Waals surface area (Å²) in [6.45, 7) is 3.05. The van der Waals surface area contributed by atoms with Crippen LogP contribution in [-0.4, -0.2) is 15.1 Å². The van der Waals surface area contributed by atoms with Gasteiger partial charge < -0.3 is 0 Å². The van der Waals surface area contributed by atoms with Crippen LogP contribution in [0.1, 0.15) is 24.1 Å². The summed E-state index contributed by atoms with van der Waals surface area (Å²) >= 11 is 3.66. The normalized spacial score (nSPS) is 12.7. The maximum absolute atomic E-state index is 4.82. The minimum Gasteiger partial charge on any atom is -0.265 e. The molecule has 0 saturated carbocycles. The van der Waals surface area contributed by atoms with Crippen molar-refractivity contribution < 1.29 is 0 Å². The van der Waals surface area contributed by atoms with Crippen molar-refractivity contribution in [2.24, 2.45) is 0 Å². The maximum Gasteiger partial charge on any atom is 0.0709 e. The van der Waals surface area contributed by atoms with Crippen LogP contribution >= 0.6 is 15.9 Å². The summed E-state index contributed by atoms with van der Waals surface area (Å²) in [5, 5.41) is 7.04. The molecule has 0 spiro atoms. The number of aromatic nitrogens is 2. The van der Waals surface area contributed by atoms with Gasteiger partial charge in [0.15, 0.2) is 0 Å². The molecule has 0 aliphatic carbocycles. The lowest BCUT2D eigenvalue weighted by Crippen LogP contribution is -2.06. The van der Waals surface area contributed by atoms with Crippen LogP contribution in [0.5, 0.6) is 0 Å². The molecule has 3 rings (SSSR count). The van der Waals surface area contributed by atoms with E-state index in [9.17, 15) is 0 Å². The number of para-hydroxylation sites is 1. The summed E-state index contributed by atoms with van der Waals surface area (Å²) in [4.78, 5) is 0. The number of hydrogen-bond donors (Lipinski definition) is 0. The third-order valence-electron chi connectivity index (χ3n) is 3.93. The molecule has 21 heavy (non-hydrogen) atoms. The van der Waals surface area contributed by atoms with Gasteiger partial charge in [0, 0.05) is 17.3 Å². The van der Waals surface area contributed by atoms with Crippen LogP contribution in [0.15, 0.2) is 54.6 Å². The largest absolute Gasteiger partial charge is 0.265 e. The summed E-state index contributed by atoms with van der Waals surface area (Å²) in [6, 6.07) is 19.2. The first-order valence-electron chi connectivity index (χ1n) is 7.38. The Kier molecular flexibility index (Phi) is 4.39. The van der Waals surface area contributed by atoms with Crippen LogP contribution in [0.2, 0.25) is 0 Å². The third kappa shape index (κ3) is 2.88. The smallest absolute Gasteiger partial charge is 0.0709 e. The van der Waals surface area contributed by atoms with Crippen LogP contribution in [0.4, 0.5) is 0 Å². The molecule has 0 fully saturated rings. The lowest BCUT2D eigenvalue weighted by Gasteiger charge is -2.13. The number of benzene rings is 2. The Morgan fingerprint density at radius 1 is 1.05 bits per heavy atom. The Bertz CT molecular complexity index is 718. The second-order valence-corrected chi connectivity index (χ2v) is 5.89. The van der Waals surface area contributed by atoms with Crippen molar-refractivity contribution in [1.29, 1.82) is 0 Å². The summed E-state index contributed by atoms with van der Waals surface area (Å²) in [5.41, 5.74) is 3.79. The molecule has 2 aromatic carbocycles. The van der Waals surface area contributed by atoms with Gasteiger partial charge in [-0.3, -0.25) is 4.68 Å². The standard InChI is InChI=1S/C18H19BrN2/c1-2-21-18-11-7-6-10-16(18)17(20-21)12-15(13-19)14-8-4-3-5-9-14/h3-11,15H,2,12-13H2,1H3. The number of halogens is 1. The number of fused-ring (bicyclic) bond motifs is 1. The molecule has 3 aromatic rings. The van der Waals surface area contributed by atoms with E-state index in [-0.39, 0.29) is 0 Å². The van der Waals surface area contributed by atoms with Crippen LogP contribution in [-0.2, 0) is 13.0 Å². The van der Waals surface area contributed by atoms with Crippen molar-refractivity contribution in [2.45, 2.75) is 25.8 Å². The van der Waals surface area contributed by atoms with E-state index in [4.69, 9.17) is 5.10 Å². The van der Waals surface area contributed by atoms with Crippen LogP contribution in [0.3, 0.4) is 0 Å². The van der Waals surface area contributed by atoms with Crippen molar-refractivity contribution >= 4 is 26.8 Å². The molecule has 0 saturated heterocycles. The fourth-order valence-corrected chi connectivity index (χ4v) is 3.41. The topological polar surface area (TPSA) is 17.8 Å². The Hall–Kier alpha value is -1.61. The van der Waals surface area contributed by atoms with Crippen molar-refractivity contribution in [1.82, 2.24) is 9.78 Å². The molecule has 1 unspecified atom stereocenters.